The smallest absolute Gasteiger partial charge is 0.255 e. The van der Waals surface area contributed by atoms with Gasteiger partial charge in [-0.2, -0.15) is 0 Å². The second-order valence-corrected chi connectivity index (χ2v) is 15.8. The van der Waals surface area contributed by atoms with Gasteiger partial charge >= 0.3 is 0 Å². The second kappa shape index (κ2) is 17.3. The Kier molecular flexibility index (Phi) is 11.6. The molecule has 1 aromatic heterocycles. The fourth-order valence-electron chi connectivity index (χ4n) is 9.15. The number of likely N-dealkylation sites (tertiary alicyclic amines) is 1. The van der Waals surface area contributed by atoms with Gasteiger partial charge in [0.15, 0.2) is 0 Å². The Hall–Kier alpha value is -5.59. The van der Waals surface area contributed by atoms with Gasteiger partial charge in [-0.05, 0) is 103 Å². The molecule has 4 aliphatic heterocycles. The molecule has 5 N–H and O–H groups in total. The molecule has 0 saturated carbocycles. The molecule has 4 atom stereocenters. The Labute approximate surface area is 333 Å². The summed E-state index contributed by atoms with van der Waals surface area (Å²) in [5, 5.41) is 22.8. The molecule has 57 heavy (non-hydrogen) atoms. The summed E-state index contributed by atoms with van der Waals surface area (Å²) in [6.07, 6.45) is 10.5. The normalized spacial score (nSPS) is 21.4. The predicted molar refractivity (Wildman–Crippen MR) is 219 cm³/mol. The van der Waals surface area contributed by atoms with Crippen molar-refractivity contribution in [2.75, 3.05) is 35.6 Å². The largest absolute Gasteiger partial charge is 0.394 e. The molecular formula is C45H51N7O5. The summed E-state index contributed by atoms with van der Waals surface area (Å²) in [6.45, 7) is 3.01. The van der Waals surface area contributed by atoms with Crippen LogP contribution in [0.4, 0.5) is 17.1 Å². The number of unbranched alkanes of at least 4 members (excludes halogenated alkanes) is 4. The van der Waals surface area contributed by atoms with Crippen LogP contribution in [0, 0.1) is 5.92 Å². The first kappa shape index (κ1) is 38.3. The monoisotopic (exact) mass is 769 g/mol. The number of rotatable bonds is 15. The summed E-state index contributed by atoms with van der Waals surface area (Å²) in [5.41, 5.74) is 8.88. The molecule has 3 aromatic carbocycles. The molecule has 5 heterocycles. The Balaban J connectivity index is 0.790. The number of aliphatic hydroxyl groups excluding tert-OH is 1. The summed E-state index contributed by atoms with van der Waals surface area (Å²) in [7, 11) is 0. The Morgan fingerprint density at radius 3 is 2.54 bits per heavy atom. The molecule has 1 unspecified atom stereocenters. The first-order valence-corrected chi connectivity index (χ1v) is 20.4. The highest BCUT2D eigenvalue weighted by molar-refractivity contribution is 6.06. The van der Waals surface area contributed by atoms with E-state index >= 15 is 0 Å². The van der Waals surface area contributed by atoms with Crippen LogP contribution in [0.1, 0.15) is 90.9 Å². The van der Waals surface area contributed by atoms with E-state index in [2.05, 4.69) is 67.5 Å². The van der Waals surface area contributed by atoms with E-state index in [1.165, 1.54) is 11.1 Å². The zero-order chi connectivity index (χ0) is 39.3. The molecule has 12 heteroatoms. The Bertz CT molecular complexity index is 2130. The van der Waals surface area contributed by atoms with Crippen LogP contribution in [0.15, 0.2) is 85.2 Å². The van der Waals surface area contributed by atoms with E-state index in [1.54, 1.807) is 11.0 Å². The predicted octanol–water partition coefficient (Wildman–Crippen LogP) is 6.25. The third-order valence-electron chi connectivity index (χ3n) is 12.1. The summed E-state index contributed by atoms with van der Waals surface area (Å²) in [4.78, 5) is 58.4. The fourth-order valence-corrected chi connectivity index (χ4v) is 9.15. The highest BCUT2D eigenvalue weighted by Crippen LogP contribution is 2.48. The second-order valence-electron chi connectivity index (χ2n) is 15.8. The average Bonchev–Trinajstić information content (AvgIpc) is 3.80. The number of benzene rings is 3. The number of hydrogen-bond acceptors (Lipinski definition) is 9. The van der Waals surface area contributed by atoms with Gasteiger partial charge in [-0.25, -0.2) is 0 Å². The number of nitrogens with zero attached hydrogens (tertiary/aromatic N) is 3. The van der Waals surface area contributed by atoms with E-state index in [0.29, 0.717) is 30.9 Å². The number of fused-ring (bicyclic) bond motifs is 4. The van der Waals surface area contributed by atoms with Crippen LogP contribution in [-0.4, -0.2) is 75.3 Å². The highest BCUT2D eigenvalue weighted by atomic mass is 16.3. The van der Waals surface area contributed by atoms with Gasteiger partial charge in [0.25, 0.3) is 5.91 Å². The lowest BCUT2D eigenvalue weighted by atomic mass is 9.82. The number of carbonyl (C=O) groups excluding carboxylic acids is 4. The minimum Gasteiger partial charge on any atom is -0.394 e. The quantitative estimate of drug-likeness (QED) is 0.0697. The molecule has 2 fully saturated rings. The number of pyridine rings is 1. The SMILES string of the molecule is O=C1CCC(N2Cc3c(NCCCCCCCC(=O)Nc4cccc(-c5ccc6c(c5)[C@H]5[C@H](CCN5Cc5ccncc5)[C@@H](CO)N6)c4)cccc3C2=O)C(=O)N1. The number of amides is 4. The topological polar surface area (TPSA) is 156 Å². The number of carbonyl (C=O) groups is 4. The lowest BCUT2D eigenvalue weighted by molar-refractivity contribution is -0.137. The number of nitrogens with one attached hydrogen (secondary N) is 4. The van der Waals surface area contributed by atoms with E-state index in [9.17, 15) is 24.3 Å². The minimum atomic E-state index is -0.626. The number of piperidine rings is 1. The number of hydrogen-bond donors (Lipinski definition) is 5. The molecule has 296 valence electrons. The maximum absolute atomic E-state index is 13.1. The van der Waals surface area contributed by atoms with Crippen LogP contribution in [0.5, 0.6) is 0 Å². The first-order valence-electron chi connectivity index (χ1n) is 20.4. The summed E-state index contributed by atoms with van der Waals surface area (Å²) < 4.78 is 0. The van der Waals surface area contributed by atoms with Crippen molar-refractivity contribution < 1.29 is 24.3 Å². The lowest BCUT2D eigenvalue weighted by Crippen LogP contribution is -2.52. The van der Waals surface area contributed by atoms with Gasteiger partial charge in [0, 0.05) is 85.0 Å². The summed E-state index contributed by atoms with van der Waals surface area (Å²) in [6, 6.07) is 23.9. The van der Waals surface area contributed by atoms with Gasteiger partial charge in [-0.15, -0.1) is 0 Å². The Morgan fingerprint density at radius 1 is 0.895 bits per heavy atom. The van der Waals surface area contributed by atoms with Crippen LogP contribution in [0.25, 0.3) is 11.1 Å². The van der Waals surface area contributed by atoms with Crippen molar-refractivity contribution in [3.05, 3.63) is 107 Å². The van der Waals surface area contributed by atoms with Crippen molar-refractivity contribution in [2.24, 2.45) is 5.92 Å². The molecule has 0 radical (unpaired) electrons. The molecule has 12 nitrogen and oxygen atoms in total. The van der Waals surface area contributed by atoms with Crippen LogP contribution in [0.2, 0.25) is 0 Å². The van der Waals surface area contributed by atoms with Gasteiger partial charge in [0.2, 0.25) is 17.7 Å². The van der Waals surface area contributed by atoms with Gasteiger partial charge in [-0.3, -0.25) is 34.4 Å². The lowest BCUT2D eigenvalue weighted by Gasteiger charge is -2.39. The van der Waals surface area contributed by atoms with Crippen LogP contribution >= 0.6 is 0 Å². The van der Waals surface area contributed by atoms with Crippen molar-refractivity contribution in [1.29, 1.82) is 0 Å². The molecular weight excluding hydrogens is 719 g/mol. The van der Waals surface area contributed by atoms with Crippen molar-refractivity contribution in [3.63, 3.8) is 0 Å². The molecule has 8 rings (SSSR count). The minimum absolute atomic E-state index is 0.0119. The first-order chi connectivity index (χ1) is 27.9. The summed E-state index contributed by atoms with van der Waals surface area (Å²) >= 11 is 0. The summed E-state index contributed by atoms with van der Waals surface area (Å²) in [5.74, 6) is -0.542. The molecule has 4 aromatic rings. The molecule has 4 amide bonds. The third-order valence-corrected chi connectivity index (χ3v) is 12.1. The van der Waals surface area contributed by atoms with E-state index in [-0.39, 0.29) is 42.8 Å². The molecule has 0 aliphatic carbocycles. The van der Waals surface area contributed by atoms with Crippen LogP contribution in [0.3, 0.4) is 0 Å². The number of anilines is 3. The van der Waals surface area contributed by atoms with Crippen molar-refractivity contribution in [1.82, 2.24) is 20.1 Å². The molecule has 0 bridgehead atoms. The number of aromatic nitrogens is 1. The maximum Gasteiger partial charge on any atom is 0.255 e. The third kappa shape index (κ3) is 8.43. The van der Waals surface area contributed by atoms with E-state index in [4.69, 9.17) is 0 Å². The van der Waals surface area contributed by atoms with Gasteiger partial charge in [-0.1, -0.05) is 43.5 Å². The van der Waals surface area contributed by atoms with Gasteiger partial charge in [0.1, 0.15) is 6.04 Å². The van der Waals surface area contributed by atoms with Gasteiger partial charge in [0.05, 0.1) is 12.6 Å². The van der Waals surface area contributed by atoms with Crippen molar-refractivity contribution in [2.45, 2.75) is 89.0 Å². The molecule has 4 aliphatic rings. The van der Waals surface area contributed by atoms with E-state index in [0.717, 1.165) is 91.9 Å². The van der Waals surface area contributed by atoms with Gasteiger partial charge < -0.3 is 26.0 Å². The highest BCUT2D eigenvalue weighted by Gasteiger charge is 2.44. The van der Waals surface area contributed by atoms with E-state index < -0.39 is 11.9 Å². The Morgan fingerprint density at radius 2 is 1.70 bits per heavy atom. The van der Waals surface area contributed by atoms with Crippen LogP contribution in [-0.2, 0) is 27.5 Å². The molecule has 0 spiro atoms. The number of imide groups is 1. The average molecular weight is 770 g/mol. The zero-order valence-corrected chi connectivity index (χ0v) is 32.2. The van der Waals surface area contributed by atoms with E-state index in [1.807, 2.05) is 42.7 Å². The van der Waals surface area contributed by atoms with Crippen LogP contribution < -0.4 is 21.3 Å². The van der Waals surface area contributed by atoms with Crippen molar-refractivity contribution >= 4 is 40.7 Å². The fraction of sp³-hybridized carbons (Fsp3) is 0.400. The maximum atomic E-state index is 13.1. The molecule has 2 saturated heterocycles. The number of aliphatic hydroxyl groups is 1. The zero-order valence-electron chi connectivity index (χ0n) is 32.2. The standard InChI is InChI=1S/C45H51N7O5/c53-28-39-34-19-23-51(26-29-17-21-46-22-18-29)43(34)35-25-31(13-14-38(35)49-39)30-8-6-9-32(24-30)48-41(54)12-4-2-1-3-5-20-47-37-11-7-10-33-36(37)27-52(45(33)57)40-15-16-42(55)50-44(40)56/h6-11,13-14,17-18,21-22,24-25,34,39-40,43,47,49,53H,1-5,12,15-16,19-20,23,26-28H2,(H,48,54)(H,50,55,56)/t34-,39-,40?,43-/m1/s1. The van der Waals surface area contributed by atoms with Crippen molar-refractivity contribution in [3.8, 4) is 11.1 Å².